The van der Waals surface area contributed by atoms with Crippen molar-refractivity contribution in [3.63, 3.8) is 0 Å². The summed E-state index contributed by atoms with van der Waals surface area (Å²) in [6, 6.07) is 7.16. The highest BCUT2D eigenvalue weighted by molar-refractivity contribution is 14.1. The van der Waals surface area contributed by atoms with E-state index in [0.29, 0.717) is 6.61 Å². The molecule has 6 nitrogen and oxygen atoms in total. The van der Waals surface area contributed by atoms with Crippen LogP contribution in [0.25, 0.3) is 0 Å². The lowest BCUT2D eigenvalue weighted by molar-refractivity contribution is -0.264. The Balaban J connectivity index is 1.71. The number of benzene rings is 1. The summed E-state index contributed by atoms with van der Waals surface area (Å²) >= 11 is 1.70. The van der Waals surface area contributed by atoms with Crippen LogP contribution in [0.2, 0.25) is 0 Å². The smallest absolute Gasteiger partial charge is 0.191 e. The maximum absolute atomic E-state index is 11.3. The summed E-state index contributed by atoms with van der Waals surface area (Å²) in [4.78, 5) is 11.3. The number of allylic oxidation sites excluding steroid dienone is 3. The van der Waals surface area contributed by atoms with Crippen molar-refractivity contribution in [3.8, 4) is 0 Å². The van der Waals surface area contributed by atoms with Gasteiger partial charge in [-0.15, -0.1) is 0 Å². The zero-order chi connectivity index (χ0) is 20.9. The summed E-state index contributed by atoms with van der Waals surface area (Å²) in [5, 5.41) is 12.8. The molecule has 2 radical (unpaired) electrons. The molecule has 2 heterocycles. The molecule has 29 heavy (non-hydrogen) atoms. The molecule has 0 saturated carbocycles. The summed E-state index contributed by atoms with van der Waals surface area (Å²) in [6.07, 6.45) is 7.72. The number of nitroso groups, excluding NO2 is 1. The van der Waals surface area contributed by atoms with E-state index < -0.39 is 24.0 Å². The highest BCUT2D eigenvalue weighted by Gasteiger charge is 2.50. The number of aliphatic hydroxyl groups excluding tert-OH is 1. The molecule has 1 spiro atoms. The molecule has 1 saturated heterocycles. The molecule has 2 aliphatic heterocycles. The van der Waals surface area contributed by atoms with Crippen molar-refractivity contribution in [2.24, 2.45) is 5.18 Å². The van der Waals surface area contributed by atoms with Crippen molar-refractivity contribution >= 4 is 36.3 Å². The molecule has 1 fully saturated rings. The van der Waals surface area contributed by atoms with Crippen molar-refractivity contribution < 1.29 is 17.6 Å². The van der Waals surface area contributed by atoms with Crippen LogP contribution in [0, 0.1) is 4.91 Å². The summed E-state index contributed by atoms with van der Waals surface area (Å²) in [5.41, 5.74) is 4.02. The second kappa shape index (κ2) is 10.1. The summed E-state index contributed by atoms with van der Waals surface area (Å²) in [7, 11) is 5.74. The number of hydrogen-bond donors (Lipinski definition) is 1. The molecular formula is C21H23BINO5. The predicted octanol–water partition coefficient (Wildman–Crippen LogP) is 2.83. The molecule has 1 N–H and O–H groups in total. The Bertz CT molecular complexity index is 810. The quantitative estimate of drug-likeness (QED) is 0.266. The fourth-order valence-corrected chi connectivity index (χ4v) is 4.24. The fraction of sp³-hybridized carbons (Fsp3) is 0.429. The van der Waals surface area contributed by atoms with E-state index in [1.54, 1.807) is 23.0 Å². The molecule has 1 aromatic rings. The highest BCUT2D eigenvalue weighted by atomic mass is 127. The summed E-state index contributed by atoms with van der Waals surface area (Å²) in [5.74, 6) is -1.07. The minimum absolute atomic E-state index is 0.250. The van der Waals surface area contributed by atoms with Crippen LogP contribution in [0.4, 0.5) is 0 Å². The van der Waals surface area contributed by atoms with E-state index in [1.165, 1.54) is 5.56 Å². The van der Waals surface area contributed by atoms with Gasteiger partial charge in [0.1, 0.15) is 49.1 Å². The van der Waals surface area contributed by atoms with Gasteiger partial charge < -0.3 is 17.6 Å². The molecule has 0 amide bonds. The fourth-order valence-electron chi connectivity index (χ4n) is 3.58. The molecule has 0 aromatic heterocycles. The Morgan fingerprint density at radius 1 is 1.45 bits per heavy atom. The zero-order valence-corrected chi connectivity index (χ0v) is 18.3. The van der Waals surface area contributed by atoms with E-state index in [2.05, 4.69) is 11.3 Å². The monoisotopic (exact) mass is 507 g/mol. The minimum atomic E-state index is -1.07. The van der Waals surface area contributed by atoms with Crippen LogP contribution < -0.4 is 5.46 Å². The van der Waals surface area contributed by atoms with Gasteiger partial charge in [0.25, 0.3) is 0 Å². The molecule has 3 rings (SSSR count). The molecule has 152 valence electrons. The van der Waals surface area contributed by atoms with Crippen molar-refractivity contribution in [2.75, 3.05) is 13.2 Å². The molecule has 4 atom stereocenters. The van der Waals surface area contributed by atoms with E-state index in [4.69, 9.17) is 20.4 Å². The molecular weight excluding hydrogens is 484 g/mol. The maximum atomic E-state index is 11.3. The minimum Gasteiger partial charge on any atom is -0.394 e. The first kappa shape index (κ1) is 22.4. The Labute approximate surface area is 186 Å². The van der Waals surface area contributed by atoms with Gasteiger partial charge in [-0.2, -0.15) is 4.91 Å². The Kier molecular flexibility index (Phi) is 7.81. The summed E-state index contributed by atoms with van der Waals surface area (Å²) in [6.45, 7) is 2.07. The first-order valence-electron chi connectivity index (χ1n) is 9.44. The lowest BCUT2D eigenvalue weighted by Gasteiger charge is -2.41. The maximum Gasteiger partial charge on any atom is 0.191 e. The largest absolute Gasteiger partial charge is 0.394 e. The van der Waals surface area contributed by atoms with Crippen LogP contribution in [0.1, 0.15) is 18.9 Å². The van der Waals surface area contributed by atoms with Gasteiger partial charge in [0.15, 0.2) is 5.79 Å². The number of nitrogens with zero attached hydrogens (tertiary/aromatic N) is 1. The molecule has 8 heteroatoms. The average Bonchev–Trinajstić information content (AvgIpc) is 3.13. The molecule has 2 aliphatic rings. The normalized spacial score (nSPS) is 30.1. The third-order valence-corrected chi connectivity index (χ3v) is 5.75. The van der Waals surface area contributed by atoms with Crippen molar-refractivity contribution in [1.82, 2.24) is 0 Å². The van der Waals surface area contributed by atoms with Gasteiger partial charge in [0.05, 0.1) is 13.2 Å². The number of aliphatic hydroxyl groups is 1. The first-order valence-corrected chi connectivity index (χ1v) is 10.3. The average molecular weight is 507 g/mol. The van der Waals surface area contributed by atoms with Crippen LogP contribution in [-0.2, 0) is 19.0 Å². The van der Waals surface area contributed by atoms with E-state index in [9.17, 15) is 10.0 Å². The molecule has 0 bridgehead atoms. The predicted molar refractivity (Wildman–Crippen MR) is 120 cm³/mol. The number of ether oxygens (including phenoxy) is 2. The Hall–Kier alpha value is -1.33. The second-order valence-electron chi connectivity index (χ2n) is 7.20. The lowest BCUT2D eigenvalue weighted by Crippen LogP contribution is -2.54. The van der Waals surface area contributed by atoms with Crippen LogP contribution in [0.15, 0.2) is 64.9 Å². The topological polar surface area (TPSA) is 77.4 Å². The Morgan fingerprint density at radius 3 is 2.83 bits per heavy atom. The van der Waals surface area contributed by atoms with Crippen LogP contribution in [0.3, 0.4) is 0 Å². The standard InChI is InChI=1S/C21H23BINO5/c1-2-14(9-15-5-7-17(22)8-6-15)3-4-16-10-21(27-13-16)11-18(24-26)20(29-23)19(12-25)28-21/h2-8,10,18-20,25H,9,11-13H2,1H3/b4-3-,14-2+/t18?,19-,20+,21+/m1/s1. The van der Waals surface area contributed by atoms with Gasteiger partial charge in [-0.05, 0) is 36.1 Å². The van der Waals surface area contributed by atoms with Crippen molar-refractivity contribution in [2.45, 2.75) is 43.8 Å². The Morgan fingerprint density at radius 2 is 2.21 bits per heavy atom. The van der Waals surface area contributed by atoms with Crippen LogP contribution in [-0.4, -0.2) is 50.2 Å². The van der Waals surface area contributed by atoms with Gasteiger partial charge in [-0.25, -0.2) is 0 Å². The van der Waals surface area contributed by atoms with E-state index in [-0.39, 0.29) is 13.0 Å². The van der Waals surface area contributed by atoms with Crippen LogP contribution >= 0.6 is 23.0 Å². The van der Waals surface area contributed by atoms with Gasteiger partial charge in [0.2, 0.25) is 0 Å². The van der Waals surface area contributed by atoms with Gasteiger partial charge in [0, 0.05) is 6.42 Å². The number of rotatable bonds is 7. The van der Waals surface area contributed by atoms with Crippen molar-refractivity contribution in [1.29, 1.82) is 0 Å². The van der Waals surface area contributed by atoms with E-state index in [1.807, 2.05) is 49.4 Å². The van der Waals surface area contributed by atoms with Crippen LogP contribution in [0.5, 0.6) is 0 Å². The van der Waals surface area contributed by atoms with Gasteiger partial charge in [-0.3, -0.25) is 0 Å². The number of hydrogen-bond acceptors (Lipinski definition) is 6. The second-order valence-corrected chi connectivity index (χ2v) is 7.71. The lowest BCUT2D eigenvalue weighted by atomic mass is 9.93. The zero-order valence-electron chi connectivity index (χ0n) is 16.2. The SMILES string of the molecule is [B]c1ccc(CC(/C=C\C2=C[C@]3(CC(N=O)[C@H](OI)[C@@H](CO)O3)OC2)=C/C)cc1. The van der Waals surface area contributed by atoms with E-state index >= 15 is 0 Å². The molecule has 1 aromatic carbocycles. The number of halogens is 1. The van der Waals surface area contributed by atoms with E-state index in [0.717, 1.165) is 23.0 Å². The van der Waals surface area contributed by atoms with Gasteiger partial charge in [-0.1, -0.05) is 53.1 Å². The highest BCUT2D eigenvalue weighted by Crippen LogP contribution is 2.39. The molecule has 0 aliphatic carbocycles. The summed E-state index contributed by atoms with van der Waals surface area (Å²) < 4.78 is 17.1. The van der Waals surface area contributed by atoms with Gasteiger partial charge >= 0.3 is 0 Å². The third kappa shape index (κ3) is 5.43. The first-order chi connectivity index (χ1) is 14.0. The third-order valence-electron chi connectivity index (χ3n) is 5.17. The van der Waals surface area contributed by atoms with Crippen molar-refractivity contribution in [3.05, 3.63) is 70.2 Å². The molecule has 1 unspecified atom stereocenters.